The van der Waals surface area contributed by atoms with Gasteiger partial charge in [-0.2, -0.15) is 0 Å². The van der Waals surface area contributed by atoms with Gasteiger partial charge in [-0.1, -0.05) is 42.5 Å². The second kappa shape index (κ2) is 10.5. The zero-order valence-electron chi connectivity index (χ0n) is 16.5. The van der Waals surface area contributed by atoms with Crippen LogP contribution >= 0.6 is 0 Å². The van der Waals surface area contributed by atoms with Crippen LogP contribution in [-0.2, 0) is 0 Å². The molecule has 30 heavy (non-hydrogen) atoms. The van der Waals surface area contributed by atoms with Gasteiger partial charge < -0.3 is 14.2 Å². The molecule has 0 atom stereocenters. The lowest BCUT2D eigenvalue weighted by molar-refractivity contribution is 0.0842. The first-order chi connectivity index (χ1) is 14.7. The summed E-state index contributed by atoms with van der Waals surface area (Å²) in [5.41, 5.74) is 5.39. The van der Waals surface area contributed by atoms with Crippen molar-refractivity contribution in [1.29, 1.82) is 0 Å². The van der Waals surface area contributed by atoms with Crippen molar-refractivity contribution in [1.82, 2.24) is 10.9 Å². The average molecular weight is 406 g/mol. The number of hydrogen-bond donors (Lipinski definition) is 2. The third-order valence-corrected chi connectivity index (χ3v) is 4.13. The molecule has 0 heterocycles. The van der Waals surface area contributed by atoms with Gasteiger partial charge in [0.25, 0.3) is 11.8 Å². The Hall–Kier alpha value is -4.00. The summed E-state index contributed by atoms with van der Waals surface area (Å²) < 4.78 is 16.4. The van der Waals surface area contributed by atoms with E-state index in [1.54, 1.807) is 48.5 Å². The summed E-state index contributed by atoms with van der Waals surface area (Å²) in [6, 6.07) is 22.9. The Balaban J connectivity index is 1.55. The van der Waals surface area contributed by atoms with Gasteiger partial charge >= 0.3 is 0 Å². The van der Waals surface area contributed by atoms with E-state index in [1.165, 1.54) is 7.11 Å². The maximum absolute atomic E-state index is 12.5. The summed E-state index contributed by atoms with van der Waals surface area (Å²) in [5, 5.41) is 0. The van der Waals surface area contributed by atoms with Crippen molar-refractivity contribution in [3.8, 4) is 17.2 Å². The Labute approximate surface area is 174 Å². The molecule has 0 radical (unpaired) electrons. The van der Waals surface area contributed by atoms with Crippen molar-refractivity contribution in [3.05, 3.63) is 90.0 Å². The van der Waals surface area contributed by atoms with Gasteiger partial charge in [-0.05, 0) is 36.4 Å². The van der Waals surface area contributed by atoms with E-state index < -0.39 is 11.8 Å². The number of ether oxygens (including phenoxy) is 3. The predicted octanol–water partition coefficient (Wildman–Crippen LogP) is 3.23. The monoisotopic (exact) mass is 406 g/mol. The first-order valence-corrected chi connectivity index (χ1v) is 9.32. The fourth-order valence-corrected chi connectivity index (χ4v) is 2.69. The summed E-state index contributed by atoms with van der Waals surface area (Å²) >= 11 is 0. The minimum atomic E-state index is -0.502. The molecule has 0 saturated heterocycles. The zero-order valence-corrected chi connectivity index (χ0v) is 16.5. The first kappa shape index (κ1) is 20.7. The van der Waals surface area contributed by atoms with E-state index in [9.17, 15) is 9.59 Å². The third-order valence-electron chi connectivity index (χ3n) is 4.13. The van der Waals surface area contributed by atoms with Gasteiger partial charge in [0, 0.05) is 0 Å². The van der Waals surface area contributed by atoms with E-state index in [-0.39, 0.29) is 12.2 Å². The Kier molecular flexibility index (Phi) is 7.27. The zero-order chi connectivity index (χ0) is 21.2. The molecule has 0 fully saturated rings. The van der Waals surface area contributed by atoms with E-state index in [0.717, 1.165) is 5.75 Å². The SMILES string of the molecule is COc1ccccc1C(=O)NNC(=O)c1ccccc1OCCOc1ccccc1. The van der Waals surface area contributed by atoms with Gasteiger partial charge in [0.1, 0.15) is 30.5 Å². The highest BCUT2D eigenvalue weighted by Gasteiger charge is 2.15. The molecule has 0 aromatic heterocycles. The number of carbonyl (C=O) groups is 2. The van der Waals surface area contributed by atoms with Crippen LogP contribution in [0.2, 0.25) is 0 Å². The standard InChI is InChI=1S/C23H22N2O5/c1-28-20-13-7-5-11-18(20)22(26)24-25-23(27)19-12-6-8-14-21(19)30-16-15-29-17-9-3-2-4-10-17/h2-14H,15-16H2,1H3,(H,24,26)(H,25,27). The molecule has 7 nitrogen and oxygen atoms in total. The molecule has 0 aliphatic heterocycles. The fraction of sp³-hybridized carbons (Fsp3) is 0.130. The van der Waals surface area contributed by atoms with Gasteiger partial charge in [-0.15, -0.1) is 0 Å². The number of carbonyl (C=O) groups excluding carboxylic acids is 2. The Morgan fingerprint density at radius 3 is 1.80 bits per heavy atom. The largest absolute Gasteiger partial charge is 0.496 e. The van der Waals surface area contributed by atoms with Crippen LogP contribution in [-0.4, -0.2) is 32.1 Å². The van der Waals surface area contributed by atoms with Gasteiger partial charge in [0.05, 0.1) is 18.2 Å². The van der Waals surface area contributed by atoms with Crippen molar-refractivity contribution in [3.63, 3.8) is 0 Å². The quantitative estimate of drug-likeness (QED) is 0.443. The molecule has 0 aliphatic rings. The number of methoxy groups -OCH3 is 1. The average Bonchev–Trinajstić information content (AvgIpc) is 2.81. The summed E-state index contributed by atoms with van der Waals surface area (Å²) in [5.74, 6) is 0.545. The summed E-state index contributed by atoms with van der Waals surface area (Å²) in [6.45, 7) is 0.581. The highest BCUT2D eigenvalue weighted by molar-refractivity contribution is 6.01. The molecule has 0 aliphatic carbocycles. The molecule has 0 saturated carbocycles. The number of amides is 2. The minimum Gasteiger partial charge on any atom is -0.496 e. The number of benzene rings is 3. The van der Waals surface area contributed by atoms with E-state index in [4.69, 9.17) is 14.2 Å². The van der Waals surface area contributed by atoms with Crippen LogP contribution in [0.4, 0.5) is 0 Å². The maximum Gasteiger partial charge on any atom is 0.273 e. The molecule has 0 spiro atoms. The number of hydrogen-bond acceptors (Lipinski definition) is 5. The second-order valence-corrected chi connectivity index (χ2v) is 6.11. The lowest BCUT2D eigenvalue weighted by atomic mass is 10.2. The van der Waals surface area contributed by atoms with Crippen molar-refractivity contribution >= 4 is 11.8 Å². The summed E-state index contributed by atoms with van der Waals surface area (Å²) in [7, 11) is 1.47. The molecule has 2 N–H and O–H groups in total. The van der Waals surface area contributed by atoms with Crippen LogP contribution in [0.5, 0.6) is 17.2 Å². The van der Waals surface area contributed by atoms with Crippen LogP contribution in [0.15, 0.2) is 78.9 Å². The second-order valence-electron chi connectivity index (χ2n) is 6.11. The normalized spacial score (nSPS) is 10.0. The molecule has 0 bridgehead atoms. The summed E-state index contributed by atoms with van der Waals surface area (Å²) in [4.78, 5) is 24.9. The van der Waals surface area contributed by atoms with Gasteiger partial charge in [0.15, 0.2) is 0 Å². The Bertz CT molecular complexity index is 992. The topological polar surface area (TPSA) is 85.9 Å². The van der Waals surface area contributed by atoms with Crippen molar-refractivity contribution in [2.45, 2.75) is 0 Å². The van der Waals surface area contributed by atoms with Gasteiger partial charge in [-0.25, -0.2) is 0 Å². The highest BCUT2D eigenvalue weighted by atomic mass is 16.5. The highest BCUT2D eigenvalue weighted by Crippen LogP contribution is 2.19. The fourth-order valence-electron chi connectivity index (χ4n) is 2.69. The first-order valence-electron chi connectivity index (χ1n) is 9.32. The number of para-hydroxylation sites is 3. The lowest BCUT2D eigenvalue weighted by Crippen LogP contribution is -2.41. The minimum absolute atomic E-state index is 0.257. The van der Waals surface area contributed by atoms with E-state index in [1.807, 2.05) is 30.3 Å². The maximum atomic E-state index is 12.5. The molecule has 154 valence electrons. The van der Waals surface area contributed by atoms with Crippen LogP contribution in [0.25, 0.3) is 0 Å². The van der Waals surface area contributed by atoms with Crippen molar-refractivity contribution in [2.75, 3.05) is 20.3 Å². The molecule has 2 amide bonds. The molecule has 3 aromatic carbocycles. The van der Waals surface area contributed by atoms with Gasteiger partial charge in [-0.3, -0.25) is 20.4 Å². The number of nitrogens with one attached hydrogen (secondary N) is 2. The van der Waals surface area contributed by atoms with Gasteiger partial charge in [0.2, 0.25) is 0 Å². The molecule has 3 aromatic rings. The number of rotatable bonds is 8. The third kappa shape index (κ3) is 5.51. The Morgan fingerprint density at radius 1 is 0.667 bits per heavy atom. The van der Waals surface area contributed by atoms with Crippen LogP contribution in [0.3, 0.4) is 0 Å². The molecular weight excluding hydrogens is 384 g/mol. The number of hydrazine groups is 1. The predicted molar refractivity (Wildman–Crippen MR) is 112 cm³/mol. The summed E-state index contributed by atoms with van der Waals surface area (Å²) in [6.07, 6.45) is 0. The molecule has 0 unspecified atom stereocenters. The smallest absolute Gasteiger partial charge is 0.273 e. The van der Waals surface area contributed by atoms with Crippen LogP contribution in [0, 0.1) is 0 Å². The van der Waals surface area contributed by atoms with E-state index in [0.29, 0.717) is 23.7 Å². The van der Waals surface area contributed by atoms with E-state index >= 15 is 0 Å². The van der Waals surface area contributed by atoms with E-state index in [2.05, 4.69) is 10.9 Å². The Morgan fingerprint density at radius 2 is 1.17 bits per heavy atom. The van der Waals surface area contributed by atoms with Crippen LogP contribution in [0.1, 0.15) is 20.7 Å². The van der Waals surface area contributed by atoms with Crippen molar-refractivity contribution < 1.29 is 23.8 Å². The molecule has 7 heteroatoms. The molecule has 3 rings (SSSR count). The molecular formula is C23H22N2O5. The lowest BCUT2D eigenvalue weighted by Gasteiger charge is -2.13. The van der Waals surface area contributed by atoms with Crippen molar-refractivity contribution in [2.24, 2.45) is 0 Å². The van der Waals surface area contributed by atoms with Crippen LogP contribution < -0.4 is 25.1 Å².